The minimum Gasteiger partial charge on any atom is -0.370 e. The van der Waals surface area contributed by atoms with Gasteiger partial charge in [0, 0.05) is 19.0 Å². The van der Waals surface area contributed by atoms with E-state index in [1.807, 2.05) is 13.0 Å². The molecule has 0 radical (unpaired) electrons. The number of hydrazine groups is 1. The van der Waals surface area contributed by atoms with Gasteiger partial charge >= 0.3 is 0 Å². The largest absolute Gasteiger partial charge is 0.370 e. The van der Waals surface area contributed by atoms with Crippen molar-refractivity contribution >= 4 is 11.6 Å². The normalized spacial score (nSPS) is 10.2. The number of nitrogen functional groups attached to an aromatic ring is 1. The maximum absolute atomic E-state index is 5.35. The summed E-state index contributed by atoms with van der Waals surface area (Å²) in [7, 11) is 0. The van der Waals surface area contributed by atoms with Crippen LogP contribution in [0.25, 0.3) is 0 Å². The van der Waals surface area contributed by atoms with E-state index in [9.17, 15) is 0 Å². The van der Waals surface area contributed by atoms with E-state index in [-0.39, 0.29) is 0 Å². The van der Waals surface area contributed by atoms with Crippen molar-refractivity contribution in [3.63, 3.8) is 0 Å². The summed E-state index contributed by atoms with van der Waals surface area (Å²) in [5.74, 6) is 7.65. The van der Waals surface area contributed by atoms with E-state index in [4.69, 9.17) is 5.84 Å². The van der Waals surface area contributed by atoms with E-state index in [0.717, 1.165) is 31.0 Å². The number of nitrogens with two attached hydrogens (primary N) is 1. The zero-order valence-corrected chi connectivity index (χ0v) is 10.1. The third-order valence-corrected chi connectivity index (χ3v) is 2.32. The van der Waals surface area contributed by atoms with E-state index in [2.05, 4.69) is 27.6 Å². The molecule has 0 amide bonds. The SMILES string of the molecule is CCCCCNc1cc(NN)nc(CC)n1. The Bertz CT molecular complexity index is 291. The zero-order chi connectivity index (χ0) is 11.8. The average molecular weight is 223 g/mol. The van der Waals surface area contributed by atoms with Crippen molar-refractivity contribution in [1.82, 2.24) is 9.97 Å². The number of hydrogen-bond acceptors (Lipinski definition) is 5. The van der Waals surface area contributed by atoms with Crippen LogP contribution in [0, 0.1) is 0 Å². The predicted molar refractivity (Wildman–Crippen MR) is 67.2 cm³/mol. The number of nitrogens with zero attached hydrogens (tertiary/aromatic N) is 2. The topological polar surface area (TPSA) is 75.9 Å². The van der Waals surface area contributed by atoms with Gasteiger partial charge in [-0.3, -0.25) is 0 Å². The van der Waals surface area contributed by atoms with Gasteiger partial charge in [-0.2, -0.15) is 0 Å². The van der Waals surface area contributed by atoms with Crippen molar-refractivity contribution in [1.29, 1.82) is 0 Å². The van der Waals surface area contributed by atoms with Crippen LogP contribution >= 0.6 is 0 Å². The second-order valence-electron chi connectivity index (χ2n) is 3.69. The molecule has 5 nitrogen and oxygen atoms in total. The van der Waals surface area contributed by atoms with Gasteiger partial charge in [-0.25, -0.2) is 15.8 Å². The minimum absolute atomic E-state index is 0.657. The monoisotopic (exact) mass is 223 g/mol. The number of aromatic nitrogens is 2. The molecule has 0 unspecified atom stereocenters. The fraction of sp³-hybridized carbons (Fsp3) is 0.636. The van der Waals surface area contributed by atoms with E-state index < -0.39 is 0 Å². The third-order valence-electron chi connectivity index (χ3n) is 2.32. The lowest BCUT2D eigenvalue weighted by atomic mass is 10.2. The van der Waals surface area contributed by atoms with E-state index >= 15 is 0 Å². The van der Waals surface area contributed by atoms with Crippen molar-refractivity contribution in [2.24, 2.45) is 5.84 Å². The Morgan fingerprint density at radius 2 is 1.94 bits per heavy atom. The molecular formula is C11H21N5. The van der Waals surface area contributed by atoms with E-state index in [0.29, 0.717) is 5.82 Å². The Morgan fingerprint density at radius 1 is 1.19 bits per heavy atom. The summed E-state index contributed by atoms with van der Waals surface area (Å²) in [4.78, 5) is 8.61. The van der Waals surface area contributed by atoms with Crippen LogP contribution in [0.5, 0.6) is 0 Å². The van der Waals surface area contributed by atoms with Crippen LogP contribution in [-0.4, -0.2) is 16.5 Å². The van der Waals surface area contributed by atoms with Gasteiger partial charge < -0.3 is 10.7 Å². The van der Waals surface area contributed by atoms with Gasteiger partial charge in [0.15, 0.2) is 0 Å². The van der Waals surface area contributed by atoms with Gasteiger partial charge in [-0.05, 0) is 6.42 Å². The molecule has 0 spiro atoms. The number of aryl methyl sites for hydroxylation is 1. The highest BCUT2D eigenvalue weighted by atomic mass is 15.3. The number of anilines is 2. The first-order chi connectivity index (χ1) is 7.80. The Labute approximate surface area is 96.8 Å². The summed E-state index contributed by atoms with van der Waals surface area (Å²) < 4.78 is 0. The van der Waals surface area contributed by atoms with Crippen molar-refractivity contribution < 1.29 is 0 Å². The van der Waals surface area contributed by atoms with Crippen LogP contribution in [0.4, 0.5) is 11.6 Å². The first-order valence-corrected chi connectivity index (χ1v) is 5.88. The lowest BCUT2D eigenvalue weighted by Gasteiger charge is -2.08. The molecule has 0 bridgehead atoms. The quantitative estimate of drug-likeness (QED) is 0.374. The summed E-state index contributed by atoms with van der Waals surface area (Å²) in [5.41, 5.74) is 2.55. The molecule has 16 heavy (non-hydrogen) atoms. The molecule has 1 rings (SSSR count). The van der Waals surface area contributed by atoms with Gasteiger partial charge in [0.1, 0.15) is 17.5 Å². The van der Waals surface area contributed by atoms with Gasteiger partial charge in [-0.1, -0.05) is 26.7 Å². The molecule has 0 aromatic carbocycles. The zero-order valence-electron chi connectivity index (χ0n) is 10.1. The maximum Gasteiger partial charge on any atom is 0.145 e. The Balaban J connectivity index is 2.57. The Morgan fingerprint density at radius 3 is 2.56 bits per heavy atom. The van der Waals surface area contributed by atoms with Crippen LogP contribution in [0.1, 0.15) is 38.9 Å². The van der Waals surface area contributed by atoms with Crippen LogP contribution in [0.3, 0.4) is 0 Å². The summed E-state index contributed by atoms with van der Waals surface area (Å²) >= 11 is 0. The fourth-order valence-corrected chi connectivity index (χ4v) is 1.41. The molecular weight excluding hydrogens is 202 g/mol. The molecule has 1 aromatic heterocycles. The highest BCUT2D eigenvalue weighted by Crippen LogP contribution is 2.10. The summed E-state index contributed by atoms with van der Waals surface area (Å²) in [6.07, 6.45) is 4.43. The van der Waals surface area contributed by atoms with Gasteiger partial charge in [0.25, 0.3) is 0 Å². The lowest BCUT2D eigenvalue weighted by molar-refractivity contribution is 0.741. The van der Waals surface area contributed by atoms with Crippen LogP contribution in [0.2, 0.25) is 0 Å². The molecule has 0 saturated heterocycles. The molecule has 5 heteroatoms. The summed E-state index contributed by atoms with van der Waals surface area (Å²) in [6, 6.07) is 1.82. The van der Waals surface area contributed by atoms with Crippen molar-refractivity contribution in [2.75, 3.05) is 17.3 Å². The highest BCUT2D eigenvalue weighted by molar-refractivity contribution is 5.46. The molecule has 4 N–H and O–H groups in total. The first-order valence-electron chi connectivity index (χ1n) is 5.88. The molecule has 0 aliphatic carbocycles. The highest BCUT2D eigenvalue weighted by Gasteiger charge is 2.01. The molecule has 1 aromatic rings. The fourth-order valence-electron chi connectivity index (χ4n) is 1.41. The van der Waals surface area contributed by atoms with Gasteiger partial charge in [0.05, 0.1) is 0 Å². The van der Waals surface area contributed by atoms with Crippen molar-refractivity contribution in [3.05, 3.63) is 11.9 Å². The summed E-state index contributed by atoms with van der Waals surface area (Å²) in [6.45, 7) is 5.16. The number of nitrogens with one attached hydrogen (secondary N) is 2. The lowest BCUT2D eigenvalue weighted by Crippen LogP contribution is -2.12. The molecule has 0 aliphatic heterocycles. The molecule has 90 valence electrons. The molecule has 1 heterocycles. The molecule has 0 aliphatic rings. The van der Waals surface area contributed by atoms with Crippen LogP contribution in [0.15, 0.2) is 6.07 Å². The van der Waals surface area contributed by atoms with E-state index in [1.165, 1.54) is 12.8 Å². The second kappa shape index (κ2) is 7.00. The van der Waals surface area contributed by atoms with Crippen LogP contribution in [-0.2, 0) is 6.42 Å². The van der Waals surface area contributed by atoms with Crippen LogP contribution < -0.4 is 16.6 Å². The van der Waals surface area contributed by atoms with Gasteiger partial charge in [0.2, 0.25) is 0 Å². The Hall–Kier alpha value is -1.36. The smallest absolute Gasteiger partial charge is 0.145 e. The molecule has 0 saturated carbocycles. The number of rotatable bonds is 7. The third kappa shape index (κ3) is 4.02. The average Bonchev–Trinajstić information content (AvgIpc) is 2.34. The maximum atomic E-state index is 5.35. The second-order valence-corrected chi connectivity index (χ2v) is 3.69. The number of unbranched alkanes of at least 4 members (excludes halogenated alkanes) is 2. The van der Waals surface area contributed by atoms with E-state index in [1.54, 1.807) is 0 Å². The van der Waals surface area contributed by atoms with Crippen molar-refractivity contribution in [2.45, 2.75) is 39.5 Å². The van der Waals surface area contributed by atoms with Crippen molar-refractivity contribution in [3.8, 4) is 0 Å². The standard InChI is InChI=1S/C11H21N5/c1-3-5-6-7-13-10-8-11(16-12)15-9(4-2)14-10/h8H,3-7,12H2,1-2H3,(H2,13,14,15,16). The number of hydrogen-bond donors (Lipinski definition) is 3. The van der Waals surface area contributed by atoms with Gasteiger partial charge in [-0.15, -0.1) is 0 Å². The molecule has 0 fully saturated rings. The minimum atomic E-state index is 0.657. The predicted octanol–water partition coefficient (Wildman–Crippen LogP) is 1.93. The Kier molecular flexibility index (Phi) is 5.56. The molecule has 0 atom stereocenters. The summed E-state index contributed by atoms with van der Waals surface area (Å²) in [5, 5.41) is 3.28. The first kappa shape index (κ1) is 12.7.